The van der Waals surface area contributed by atoms with E-state index in [0.717, 1.165) is 11.8 Å². The van der Waals surface area contributed by atoms with Gasteiger partial charge in [0, 0.05) is 10.0 Å². The zero-order valence-electron chi connectivity index (χ0n) is 12.4. The number of hydrogen-bond donors (Lipinski definition) is 1. The molecule has 0 spiro atoms. The molecule has 0 unspecified atom stereocenters. The number of carbonyl (C=O) groups excluding carboxylic acids is 1. The van der Waals surface area contributed by atoms with Crippen LogP contribution in [0.4, 0.5) is 10.1 Å². The molecule has 8 heteroatoms. The largest absolute Gasteiger partial charge is 0.478 e. The second-order valence-corrected chi connectivity index (χ2v) is 7.63. The summed E-state index contributed by atoms with van der Waals surface area (Å²) in [7, 11) is 0. The molecular weight excluding hydrogens is 429 g/mol. The smallest absolute Gasteiger partial charge is 0.335 e. The van der Waals surface area contributed by atoms with E-state index in [4.69, 9.17) is 17.3 Å². The number of hydrogen-bond acceptors (Lipinski definition) is 4. The van der Waals surface area contributed by atoms with Gasteiger partial charge in [-0.1, -0.05) is 46.0 Å². The maximum atomic E-state index is 13.9. The number of carboxylic acid groups (broad SMARTS) is 1. The summed E-state index contributed by atoms with van der Waals surface area (Å²) in [6.07, 6.45) is 1.43. The number of carboxylic acids is 1. The monoisotopic (exact) mass is 437 g/mol. The summed E-state index contributed by atoms with van der Waals surface area (Å²) in [6.45, 7) is 0. The molecular formula is C17H9BrFNO3S2. The maximum absolute atomic E-state index is 13.9. The van der Waals surface area contributed by atoms with Gasteiger partial charge in [-0.3, -0.25) is 9.69 Å². The van der Waals surface area contributed by atoms with E-state index in [-0.39, 0.29) is 20.4 Å². The molecule has 1 N–H and O–H groups in total. The van der Waals surface area contributed by atoms with Crippen LogP contribution in [0.3, 0.4) is 0 Å². The Hall–Kier alpha value is -2.03. The molecule has 0 atom stereocenters. The normalized spacial score (nSPS) is 15.9. The Morgan fingerprint density at radius 2 is 2.04 bits per heavy atom. The number of halogens is 2. The Morgan fingerprint density at radius 3 is 2.76 bits per heavy atom. The summed E-state index contributed by atoms with van der Waals surface area (Å²) in [5.74, 6) is -1.97. The molecule has 1 amide bonds. The molecule has 4 nitrogen and oxygen atoms in total. The van der Waals surface area contributed by atoms with Gasteiger partial charge in [0.1, 0.15) is 5.82 Å². The van der Waals surface area contributed by atoms with E-state index in [2.05, 4.69) is 15.9 Å². The molecule has 1 heterocycles. The summed E-state index contributed by atoms with van der Waals surface area (Å²) in [5.41, 5.74) is 0.670. The van der Waals surface area contributed by atoms with Crippen molar-refractivity contribution in [3.63, 3.8) is 0 Å². The van der Waals surface area contributed by atoms with E-state index in [1.807, 2.05) is 0 Å². The number of anilines is 1. The molecule has 0 aliphatic carbocycles. The van der Waals surface area contributed by atoms with Crippen LogP contribution in [0, 0.1) is 5.82 Å². The molecule has 2 aromatic rings. The molecule has 126 valence electrons. The number of benzene rings is 2. The van der Waals surface area contributed by atoms with Crippen molar-refractivity contribution in [2.24, 2.45) is 0 Å². The molecule has 0 aromatic heterocycles. The lowest BCUT2D eigenvalue weighted by Gasteiger charge is -2.14. The molecule has 1 fully saturated rings. The van der Waals surface area contributed by atoms with Gasteiger partial charge in [0.25, 0.3) is 5.91 Å². The predicted octanol–water partition coefficient (Wildman–Crippen LogP) is 4.69. The van der Waals surface area contributed by atoms with Crippen LogP contribution < -0.4 is 4.90 Å². The third-order valence-electron chi connectivity index (χ3n) is 3.39. The molecule has 0 radical (unpaired) electrons. The first kappa shape index (κ1) is 17.8. The quantitative estimate of drug-likeness (QED) is 0.557. The number of nitrogens with zero attached hydrogens (tertiary/aromatic N) is 1. The van der Waals surface area contributed by atoms with Crippen molar-refractivity contribution in [2.75, 3.05) is 4.90 Å². The number of thioether (sulfide) groups is 1. The second kappa shape index (κ2) is 7.07. The van der Waals surface area contributed by atoms with Crippen molar-refractivity contribution in [2.45, 2.75) is 0 Å². The molecule has 1 saturated heterocycles. The molecule has 25 heavy (non-hydrogen) atoms. The van der Waals surface area contributed by atoms with Gasteiger partial charge >= 0.3 is 5.97 Å². The first-order chi connectivity index (χ1) is 11.9. The summed E-state index contributed by atoms with van der Waals surface area (Å²) >= 11 is 9.54. The van der Waals surface area contributed by atoms with Gasteiger partial charge in [-0.05, 0) is 42.5 Å². The highest BCUT2D eigenvalue weighted by Crippen LogP contribution is 2.36. The summed E-state index contributed by atoms with van der Waals surface area (Å²) in [6, 6.07) is 10.4. The maximum Gasteiger partial charge on any atom is 0.335 e. The lowest BCUT2D eigenvalue weighted by molar-refractivity contribution is -0.113. The Kier molecular flexibility index (Phi) is 5.03. The van der Waals surface area contributed by atoms with Crippen LogP contribution >= 0.6 is 39.9 Å². The zero-order chi connectivity index (χ0) is 18.1. The Morgan fingerprint density at radius 1 is 1.28 bits per heavy atom. The zero-order valence-corrected chi connectivity index (χ0v) is 15.6. The molecule has 1 aliphatic rings. The number of rotatable bonds is 3. The fraction of sp³-hybridized carbons (Fsp3) is 0. The Bertz CT molecular complexity index is 945. The minimum atomic E-state index is -1.10. The molecule has 2 aromatic carbocycles. The van der Waals surface area contributed by atoms with E-state index >= 15 is 0 Å². The minimum Gasteiger partial charge on any atom is -0.478 e. The number of carbonyl (C=O) groups is 2. The SMILES string of the molecule is O=C(O)c1cccc(N2C(=O)/C(=C\c3cc(Br)ccc3F)SC2=S)c1. The van der Waals surface area contributed by atoms with Crippen molar-refractivity contribution < 1.29 is 19.1 Å². The van der Waals surface area contributed by atoms with Crippen LogP contribution in [-0.2, 0) is 4.79 Å². The average molecular weight is 438 g/mol. The van der Waals surface area contributed by atoms with E-state index in [0.29, 0.717) is 10.2 Å². The third kappa shape index (κ3) is 3.65. The van der Waals surface area contributed by atoms with E-state index in [1.165, 1.54) is 35.2 Å². The summed E-state index contributed by atoms with van der Waals surface area (Å²) in [5, 5.41) is 9.09. The lowest BCUT2D eigenvalue weighted by Crippen LogP contribution is -2.27. The van der Waals surface area contributed by atoms with Gasteiger partial charge in [-0.25, -0.2) is 9.18 Å². The molecule has 1 aliphatic heterocycles. The second-order valence-electron chi connectivity index (χ2n) is 5.04. The first-order valence-corrected chi connectivity index (χ1v) is 8.95. The highest BCUT2D eigenvalue weighted by atomic mass is 79.9. The van der Waals surface area contributed by atoms with E-state index in [9.17, 15) is 14.0 Å². The van der Waals surface area contributed by atoms with Crippen molar-refractivity contribution >= 4 is 67.9 Å². The van der Waals surface area contributed by atoms with Crippen LogP contribution in [0.1, 0.15) is 15.9 Å². The molecule has 0 bridgehead atoms. The van der Waals surface area contributed by atoms with Crippen LogP contribution in [0.2, 0.25) is 0 Å². The standard InChI is InChI=1S/C17H9BrFNO3S2/c18-11-4-5-13(19)10(6-11)8-14-15(21)20(17(24)25-14)12-3-1-2-9(7-12)16(22)23/h1-8H,(H,22,23)/b14-8+. The lowest BCUT2D eigenvalue weighted by atomic mass is 10.1. The summed E-state index contributed by atoms with van der Waals surface area (Å²) in [4.78, 5) is 25.3. The van der Waals surface area contributed by atoms with Crippen molar-refractivity contribution in [3.8, 4) is 0 Å². The van der Waals surface area contributed by atoms with Crippen LogP contribution in [0.15, 0.2) is 51.8 Å². The number of amides is 1. The number of aromatic carboxylic acids is 1. The van der Waals surface area contributed by atoms with E-state index < -0.39 is 17.7 Å². The van der Waals surface area contributed by atoms with E-state index in [1.54, 1.807) is 18.2 Å². The highest BCUT2D eigenvalue weighted by molar-refractivity contribution is 9.10. The van der Waals surface area contributed by atoms with Gasteiger partial charge in [0.15, 0.2) is 4.32 Å². The average Bonchev–Trinajstić information content (AvgIpc) is 2.85. The van der Waals surface area contributed by atoms with Crippen molar-refractivity contribution in [1.29, 1.82) is 0 Å². The van der Waals surface area contributed by atoms with Gasteiger partial charge < -0.3 is 5.11 Å². The van der Waals surface area contributed by atoms with Crippen molar-refractivity contribution in [1.82, 2.24) is 0 Å². The molecule has 0 saturated carbocycles. The van der Waals surface area contributed by atoms with Gasteiger partial charge in [-0.2, -0.15) is 0 Å². The topological polar surface area (TPSA) is 57.6 Å². The first-order valence-electron chi connectivity index (χ1n) is 6.93. The van der Waals surface area contributed by atoms with Gasteiger partial charge in [-0.15, -0.1) is 0 Å². The molecule has 3 rings (SSSR count). The van der Waals surface area contributed by atoms with Gasteiger partial charge in [0.05, 0.1) is 16.2 Å². The summed E-state index contributed by atoms with van der Waals surface area (Å²) < 4.78 is 14.9. The fourth-order valence-electron chi connectivity index (χ4n) is 2.23. The Balaban J connectivity index is 1.98. The third-order valence-corrected chi connectivity index (χ3v) is 5.19. The van der Waals surface area contributed by atoms with Crippen LogP contribution in [-0.4, -0.2) is 21.3 Å². The Labute approximate surface area is 160 Å². The minimum absolute atomic E-state index is 0.0496. The van der Waals surface area contributed by atoms with Crippen molar-refractivity contribution in [3.05, 3.63) is 68.8 Å². The highest BCUT2D eigenvalue weighted by Gasteiger charge is 2.33. The van der Waals surface area contributed by atoms with Gasteiger partial charge in [0.2, 0.25) is 0 Å². The van der Waals surface area contributed by atoms with Crippen LogP contribution in [0.5, 0.6) is 0 Å². The number of thiocarbonyl (C=S) groups is 1. The predicted molar refractivity (Wildman–Crippen MR) is 103 cm³/mol. The van der Waals surface area contributed by atoms with Crippen LogP contribution in [0.25, 0.3) is 6.08 Å². The fourth-order valence-corrected chi connectivity index (χ4v) is 3.90.